The van der Waals surface area contributed by atoms with Gasteiger partial charge in [0.25, 0.3) is 0 Å². The lowest BCUT2D eigenvalue weighted by Gasteiger charge is -2.05. The monoisotopic (exact) mass is 404 g/mol. The smallest absolute Gasteiger partial charge is 0.416 e. The van der Waals surface area contributed by atoms with Crippen molar-refractivity contribution in [3.63, 3.8) is 0 Å². The van der Waals surface area contributed by atoms with E-state index in [1.54, 1.807) is 24.3 Å². The summed E-state index contributed by atoms with van der Waals surface area (Å²) < 4.78 is 43.1. The molecule has 3 rings (SSSR count). The van der Waals surface area contributed by atoms with Crippen LogP contribution in [0.4, 0.5) is 13.2 Å². The first-order chi connectivity index (χ1) is 14.4. The van der Waals surface area contributed by atoms with Crippen molar-refractivity contribution in [1.82, 2.24) is 0 Å². The molecule has 0 aromatic heterocycles. The fraction of sp³-hybridized carbons (Fsp3) is 0.0800. The topological polar surface area (TPSA) is 26.3 Å². The van der Waals surface area contributed by atoms with Crippen molar-refractivity contribution in [1.29, 1.82) is 0 Å². The number of hydrogen-bond acceptors (Lipinski definition) is 2. The number of rotatable bonds is 2. The third-order valence-corrected chi connectivity index (χ3v) is 3.98. The zero-order chi connectivity index (χ0) is 21.4. The minimum Gasteiger partial charge on any atom is -0.449 e. The molecule has 30 heavy (non-hydrogen) atoms. The highest BCUT2D eigenvalue weighted by molar-refractivity contribution is 5.92. The quantitative estimate of drug-likeness (QED) is 0.427. The molecule has 148 valence electrons. The maximum Gasteiger partial charge on any atom is 0.416 e. The summed E-state index contributed by atoms with van der Waals surface area (Å²) in [5.74, 6) is 10.7. The zero-order valence-corrected chi connectivity index (χ0v) is 15.7. The van der Waals surface area contributed by atoms with E-state index in [1.807, 2.05) is 30.3 Å². The molecule has 0 saturated carbocycles. The first kappa shape index (κ1) is 20.8. The second kappa shape index (κ2) is 9.49. The fourth-order valence-electron chi connectivity index (χ4n) is 2.49. The molecule has 0 aliphatic heterocycles. The largest absolute Gasteiger partial charge is 0.449 e. The number of hydrogen-bond donors (Lipinski definition) is 0. The molecule has 0 N–H and O–H groups in total. The van der Waals surface area contributed by atoms with Crippen LogP contribution in [0, 0.1) is 23.7 Å². The van der Waals surface area contributed by atoms with Crippen LogP contribution < -0.4 is 0 Å². The molecule has 5 heteroatoms. The van der Waals surface area contributed by atoms with Crippen molar-refractivity contribution < 1.29 is 22.7 Å². The molecule has 0 aliphatic carbocycles. The van der Waals surface area contributed by atoms with E-state index in [-0.39, 0.29) is 12.2 Å². The molecule has 0 atom stereocenters. The highest BCUT2D eigenvalue weighted by Crippen LogP contribution is 2.28. The van der Waals surface area contributed by atoms with Crippen molar-refractivity contribution in [3.8, 4) is 23.7 Å². The second-order valence-corrected chi connectivity index (χ2v) is 6.11. The van der Waals surface area contributed by atoms with Crippen molar-refractivity contribution in [3.05, 3.63) is 107 Å². The van der Waals surface area contributed by atoms with E-state index in [2.05, 4.69) is 23.7 Å². The highest BCUT2D eigenvalue weighted by atomic mass is 19.4. The molecule has 0 heterocycles. The molecule has 0 aliphatic rings. The fourth-order valence-corrected chi connectivity index (χ4v) is 2.49. The van der Waals surface area contributed by atoms with E-state index in [4.69, 9.17) is 4.74 Å². The Labute approximate surface area is 172 Å². The minimum atomic E-state index is -4.40. The van der Waals surface area contributed by atoms with Gasteiger partial charge in [-0.15, -0.1) is 0 Å². The van der Waals surface area contributed by atoms with E-state index >= 15 is 0 Å². The Morgan fingerprint density at radius 2 is 1.40 bits per heavy atom. The van der Waals surface area contributed by atoms with E-state index in [9.17, 15) is 18.0 Å². The van der Waals surface area contributed by atoms with Crippen LogP contribution in [0.1, 0.15) is 32.6 Å². The number of halogens is 3. The van der Waals surface area contributed by atoms with Crippen LogP contribution in [0.5, 0.6) is 0 Å². The van der Waals surface area contributed by atoms with Gasteiger partial charge in [-0.05, 0) is 48.5 Å². The van der Waals surface area contributed by atoms with Gasteiger partial charge in [0.2, 0.25) is 0 Å². The lowest BCUT2D eigenvalue weighted by Crippen LogP contribution is -2.07. The minimum absolute atomic E-state index is 0.0750. The molecule has 0 bridgehead atoms. The van der Waals surface area contributed by atoms with Crippen molar-refractivity contribution in [2.45, 2.75) is 6.18 Å². The predicted octanol–water partition coefficient (Wildman–Crippen LogP) is 5.31. The van der Waals surface area contributed by atoms with Crippen molar-refractivity contribution in [2.75, 3.05) is 6.61 Å². The maximum atomic E-state index is 12.6. The Hall–Kier alpha value is -3.96. The molecule has 0 spiro atoms. The molecule has 0 unspecified atom stereocenters. The van der Waals surface area contributed by atoms with E-state index in [1.165, 1.54) is 12.1 Å². The predicted molar refractivity (Wildman–Crippen MR) is 107 cm³/mol. The molecular formula is C25H15F3O2. The number of esters is 1. The number of alkyl halides is 3. The lowest BCUT2D eigenvalue weighted by molar-refractivity contribution is -0.137. The van der Waals surface area contributed by atoms with Gasteiger partial charge in [0.15, 0.2) is 6.61 Å². The van der Waals surface area contributed by atoms with Gasteiger partial charge in [0.1, 0.15) is 0 Å². The van der Waals surface area contributed by atoms with Crippen molar-refractivity contribution in [2.24, 2.45) is 0 Å². The Morgan fingerprint density at radius 1 is 0.767 bits per heavy atom. The van der Waals surface area contributed by atoms with Gasteiger partial charge in [-0.3, -0.25) is 0 Å². The number of ether oxygens (including phenoxy) is 1. The normalized spacial score (nSPS) is 10.2. The van der Waals surface area contributed by atoms with Gasteiger partial charge < -0.3 is 4.74 Å². The van der Waals surface area contributed by atoms with Gasteiger partial charge in [-0.1, -0.05) is 54.0 Å². The van der Waals surface area contributed by atoms with Gasteiger partial charge in [0, 0.05) is 16.7 Å². The third kappa shape index (κ3) is 5.77. The zero-order valence-electron chi connectivity index (χ0n) is 15.7. The standard InChI is InChI=1S/C25H15F3O2/c26-25(27,28)22-16-13-20(14-17-22)12-15-21-10-4-5-11-23(21)24(29)30-18-6-9-19-7-2-1-3-8-19/h1-5,7-8,10-11,13-14,16-17H,18H2. The van der Waals surface area contributed by atoms with Crippen molar-refractivity contribution >= 4 is 5.97 Å². The molecule has 3 aromatic rings. The Kier molecular flexibility index (Phi) is 6.57. The Morgan fingerprint density at radius 3 is 2.10 bits per heavy atom. The molecule has 3 aromatic carbocycles. The molecule has 0 saturated heterocycles. The molecule has 0 radical (unpaired) electrons. The van der Waals surface area contributed by atoms with Gasteiger partial charge in [0.05, 0.1) is 11.1 Å². The Balaban J connectivity index is 1.70. The summed E-state index contributed by atoms with van der Waals surface area (Å²) >= 11 is 0. The van der Waals surface area contributed by atoms with Crippen LogP contribution in [0.3, 0.4) is 0 Å². The van der Waals surface area contributed by atoms with Crippen LogP contribution in [-0.2, 0) is 10.9 Å². The van der Waals surface area contributed by atoms with Crippen LogP contribution in [-0.4, -0.2) is 12.6 Å². The van der Waals surface area contributed by atoms with Crippen LogP contribution in [0.25, 0.3) is 0 Å². The summed E-state index contributed by atoms with van der Waals surface area (Å²) in [6, 6.07) is 20.4. The average molecular weight is 404 g/mol. The second-order valence-electron chi connectivity index (χ2n) is 6.11. The number of carbonyl (C=O) groups excluding carboxylic acids is 1. The summed E-state index contributed by atoms with van der Waals surface area (Å²) in [5, 5.41) is 0. The third-order valence-electron chi connectivity index (χ3n) is 3.98. The number of benzene rings is 3. The maximum absolute atomic E-state index is 12.6. The summed E-state index contributed by atoms with van der Waals surface area (Å²) in [5.41, 5.74) is 1.15. The van der Waals surface area contributed by atoms with E-state index in [0.29, 0.717) is 11.1 Å². The SMILES string of the molecule is O=C(OCC#Cc1ccccc1)c1ccccc1C#Cc1ccc(C(F)(F)F)cc1. The van der Waals surface area contributed by atoms with Crippen LogP contribution in [0.15, 0.2) is 78.9 Å². The summed E-state index contributed by atoms with van der Waals surface area (Å²) in [7, 11) is 0. The van der Waals surface area contributed by atoms with E-state index < -0.39 is 17.7 Å². The summed E-state index contributed by atoms with van der Waals surface area (Å²) in [6.45, 7) is -0.0750. The van der Waals surface area contributed by atoms with Gasteiger partial charge >= 0.3 is 12.1 Å². The average Bonchev–Trinajstić information content (AvgIpc) is 2.76. The lowest BCUT2D eigenvalue weighted by atomic mass is 10.1. The number of carbonyl (C=O) groups is 1. The first-order valence-electron chi connectivity index (χ1n) is 8.93. The molecule has 2 nitrogen and oxygen atoms in total. The summed E-state index contributed by atoms with van der Waals surface area (Å²) in [4.78, 5) is 12.4. The molecule has 0 amide bonds. The van der Waals surface area contributed by atoms with Gasteiger partial charge in [-0.2, -0.15) is 13.2 Å². The molecular weight excluding hydrogens is 389 g/mol. The Bertz CT molecular complexity index is 1140. The highest BCUT2D eigenvalue weighted by Gasteiger charge is 2.29. The molecule has 0 fully saturated rings. The summed E-state index contributed by atoms with van der Waals surface area (Å²) in [6.07, 6.45) is -4.40. The van der Waals surface area contributed by atoms with E-state index in [0.717, 1.165) is 17.7 Å². The van der Waals surface area contributed by atoms with Crippen LogP contribution in [0.2, 0.25) is 0 Å². The van der Waals surface area contributed by atoms with Crippen LogP contribution >= 0.6 is 0 Å². The first-order valence-corrected chi connectivity index (χ1v) is 8.93. The van der Waals surface area contributed by atoms with Gasteiger partial charge in [-0.25, -0.2) is 4.79 Å².